The first-order valence-electron chi connectivity index (χ1n) is 6.17. The summed E-state index contributed by atoms with van der Waals surface area (Å²) in [7, 11) is 1.83. The van der Waals surface area contributed by atoms with E-state index in [1.54, 1.807) is 10.7 Å². The lowest BCUT2D eigenvalue weighted by molar-refractivity contribution is 0.0468. The SMILES string of the molecule is CCc1nn(C)c(COC(=O)c2cc(N)c(C)s2)c1Br. The van der Waals surface area contributed by atoms with Crippen molar-refractivity contribution >= 4 is 38.9 Å². The van der Waals surface area contributed by atoms with Crippen LogP contribution >= 0.6 is 27.3 Å². The van der Waals surface area contributed by atoms with Crippen molar-refractivity contribution in [2.75, 3.05) is 5.73 Å². The third-order valence-corrected chi connectivity index (χ3v) is 4.96. The monoisotopic (exact) mass is 357 g/mol. The Morgan fingerprint density at radius 3 is 2.80 bits per heavy atom. The van der Waals surface area contributed by atoms with E-state index in [0.717, 1.165) is 27.2 Å². The van der Waals surface area contributed by atoms with Crippen LogP contribution in [0, 0.1) is 6.92 Å². The average Bonchev–Trinajstić information content (AvgIpc) is 2.88. The predicted octanol–water partition coefficient (Wildman–Crippen LogP) is 3.05. The third kappa shape index (κ3) is 2.88. The molecule has 2 rings (SSSR count). The second kappa shape index (κ2) is 5.97. The van der Waals surface area contributed by atoms with E-state index in [4.69, 9.17) is 10.5 Å². The van der Waals surface area contributed by atoms with Gasteiger partial charge in [-0.15, -0.1) is 11.3 Å². The van der Waals surface area contributed by atoms with Gasteiger partial charge in [-0.1, -0.05) is 6.92 Å². The molecule has 0 unspecified atom stereocenters. The fourth-order valence-corrected chi connectivity index (χ4v) is 3.34. The van der Waals surface area contributed by atoms with Gasteiger partial charge >= 0.3 is 5.97 Å². The number of nitrogens with zero attached hydrogens (tertiary/aromatic N) is 2. The molecule has 0 atom stereocenters. The van der Waals surface area contributed by atoms with E-state index >= 15 is 0 Å². The van der Waals surface area contributed by atoms with Gasteiger partial charge < -0.3 is 10.5 Å². The average molecular weight is 358 g/mol. The molecule has 2 aromatic rings. The van der Waals surface area contributed by atoms with Crippen LogP contribution in [0.15, 0.2) is 10.5 Å². The molecule has 2 N–H and O–H groups in total. The lowest BCUT2D eigenvalue weighted by Crippen LogP contribution is -2.07. The van der Waals surface area contributed by atoms with Gasteiger partial charge in [-0.05, 0) is 35.3 Å². The smallest absolute Gasteiger partial charge is 0.348 e. The summed E-state index contributed by atoms with van der Waals surface area (Å²) in [6.45, 7) is 4.09. The van der Waals surface area contributed by atoms with Crippen LogP contribution < -0.4 is 5.73 Å². The number of nitrogen functional groups attached to an aromatic ring is 1. The molecule has 2 aromatic heterocycles. The van der Waals surface area contributed by atoms with Crippen molar-refractivity contribution in [3.63, 3.8) is 0 Å². The van der Waals surface area contributed by atoms with Crippen molar-refractivity contribution in [2.45, 2.75) is 26.9 Å². The lowest BCUT2D eigenvalue weighted by atomic mass is 10.3. The van der Waals surface area contributed by atoms with E-state index in [2.05, 4.69) is 21.0 Å². The van der Waals surface area contributed by atoms with E-state index < -0.39 is 0 Å². The first-order valence-corrected chi connectivity index (χ1v) is 7.78. The number of halogens is 1. The van der Waals surface area contributed by atoms with Crippen LogP contribution in [0.25, 0.3) is 0 Å². The van der Waals surface area contributed by atoms with Gasteiger partial charge in [0.1, 0.15) is 11.5 Å². The number of nitrogens with two attached hydrogens (primary N) is 1. The highest BCUT2D eigenvalue weighted by Gasteiger charge is 2.17. The number of hydrogen-bond donors (Lipinski definition) is 1. The summed E-state index contributed by atoms with van der Waals surface area (Å²) in [6.07, 6.45) is 0.822. The Kier molecular flexibility index (Phi) is 4.49. The minimum atomic E-state index is -0.360. The Balaban J connectivity index is 2.09. The van der Waals surface area contributed by atoms with E-state index in [1.807, 2.05) is 20.9 Å². The van der Waals surface area contributed by atoms with Crippen molar-refractivity contribution in [2.24, 2.45) is 7.05 Å². The minimum Gasteiger partial charge on any atom is -0.455 e. The molecule has 7 heteroatoms. The predicted molar refractivity (Wildman–Crippen MR) is 82.9 cm³/mol. The summed E-state index contributed by atoms with van der Waals surface area (Å²) in [5.74, 6) is -0.360. The summed E-state index contributed by atoms with van der Waals surface area (Å²) >= 11 is 4.83. The first kappa shape index (κ1) is 15.1. The van der Waals surface area contributed by atoms with Crippen LogP contribution in [0.2, 0.25) is 0 Å². The van der Waals surface area contributed by atoms with Gasteiger partial charge in [0.2, 0.25) is 0 Å². The summed E-state index contributed by atoms with van der Waals surface area (Å²) in [5, 5.41) is 4.36. The number of hydrogen-bond acceptors (Lipinski definition) is 5. The van der Waals surface area contributed by atoms with Gasteiger partial charge in [-0.3, -0.25) is 4.68 Å². The summed E-state index contributed by atoms with van der Waals surface area (Å²) in [4.78, 5) is 13.4. The highest BCUT2D eigenvalue weighted by atomic mass is 79.9. The molecule has 108 valence electrons. The summed E-state index contributed by atoms with van der Waals surface area (Å²) < 4.78 is 7.95. The number of aryl methyl sites for hydroxylation is 3. The topological polar surface area (TPSA) is 70.1 Å². The number of carbonyl (C=O) groups excluding carboxylic acids is 1. The van der Waals surface area contributed by atoms with Crippen molar-refractivity contribution in [3.8, 4) is 0 Å². The zero-order chi connectivity index (χ0) is 14.9. The number of thiophene rings is 1. The Morgan fingerprint density at radius 2 is 2.30 bits per heavy atom. The molecule has 0 radical (unpaired) electrons. The molecule has 0 aliphatic rings. The standard InChI is InChI=1S/C13H16BrN3O2S/c1-4-9-12(14)10(17(3)16-9)6-19-13(18)11-5-8(15)7(2)20-11/h5H,4,6,15H2,1-3H3. The largest absolute Gasteiger partial charge is 0.455 e. The molecular weight excluding hydrogens is 342 g/mol. The Labute approximate surface area is 129 Å². The fourth-order valence-electron chi connectivity index (χ4n) is 1.78. The lowest BCUT2D eigenvalue weighted by Gasteiger charge is -2.04. The van der Waals surface area contributed by atoms with E-state index in [-0.39, 0.29) is 12.6 Å². The number of rotatable bonds is 4. The van der Waals surface area contributed by atoms with Gasteiger partial charge in [0.25, 0.3) is 0 Å². The van der Waals surface area contributed by atoms with Gasteiger partial charge in [-0.25, -0.2) is 4.79 Å². The molecule has 0 bridgehead atoms. The molecular formula is C13H16BrN3O2S. The van der Waals surface area contributed by atoms with E-state index in [1.165, 1.54) is 11.3 Å². The second-order valence-electron chi connectivity index (χ2n) is 4.38. The van der Waals surface area contributed by atoms with Gasteiger partial charge in [0, 0.05) is 17.6 Å². The maximum absolute atomic E-state index is 12.0. The minimum absolute atomic E-state index is 0.180. The molecule has 0 aliphatic carbocycles. The van der Waals surface area contributed by atoms with Crippen molar-refractivity contribution < 1.29 is 9.53 Å². The number of esters is 1. The molecule has 0 spiro atoms. The summed E-state index contributed by atoms with van der Waals surface area (Å²) in [6, 6.07) is 1.65. The fraction of sp³-hybridized carbons (Fsp3) is 0.385. The molecule has 0 saturated heterocycles. The van der Waals surface area contributed by atoms with Crippen molar-refractivity contribution in [3.05, 3.63) is 31.7 Å². The zero-order valence-corrected chi connectivity index (χ0v) is 14.0. The highest BCUT2D eigenvalue weighted by molar-refractivity contribution is 9.10. The van der Waals surface area contributed by atoms with Crippen molar-refractivity contribution in [1.82, 2.24) is 9.78 Å². The van der Waals surface area contributed by atoms with E-state index in [9.17, 15) is 4.79 Å². The van der Waals surface area contributed by atoms with Crippen molar-refractivity contribution in [1.29, 1.82) is 0 Å². The quantitative estimate of drug-likeness (QED) is 0.853. The molecule has 0 aliphatic heterocycles. The van der Waals surface area contributed by atoms with E-state index in [0.29, 0.717) is 10.6 Å². The maximum Gasteiger partial charge on any atom is 0.348 e. The molecule has 0 aromatic carbocycles. The van der Waals surface area contributed by atoms with Gasteiger partial charge in [0.15, 0.2) is 0 Å². The molecule has 0 saturated carbocycles. The van der Waals surface area contributed by atoms with Gasteiger partial charge in [-0.2, -0.15) is 5.10 Å². The molecule has 5 nitrogen and oxygen atoms in total. The van der Waals surface area contributed by atoms with Crippen LogP contribution in [0.5, 0.6) is 0 Å². The Bertz CT molecular complexity index is 629. The first-order chi connectivity index (χ1) is 9.43. The molecule has 0 amide bonds. The van der Waals surface area contributed by atoms with Crippen LogP contribution in [-0.4, -0.2) is 15.7 Å². The van der Waals surface area contributed by atoms with Crippen LogP contribution in [0.4, 0.5) is 5.69 Å². The maximum atomic E-state index is 12.0. The van der Waals surface area contributed by atoms with Crippen LogP contribution in [-0.2, 0) is 24.8 Å². The molecule has 20 heavy (non-hydrogen) atoms. The highest BCUT2D eigenvalue weighted by Crippen LogP contribution is 2.26. The molecule has 0 fully saturated rings. The van der Waals surface area contributed by atoms with Crippen LogP contribution in [0.1, 0.15) is 32.9 Å². The van der Waals surface area contributed by atoms with Gasteiger partial charge in [0.05, 0.1) is 15.9 Å². The third-order valence-electron chi connectivity index (χ3n) is 3.00. The Hall–Kier alpha value is -1.34. The number of aromatic nitrogens is 2. The number of anilines is 1. The normalized spacial score (nSPS) is 10.8. The summed E-state index contributed by atoms with van der Waals surface area (Å²) in [5.41, 5.74) is 8.16. The second-order valence-corrected chi connectivity index (χ2v) is 6.43. The number of carbonyl (C=O) groups is 1. The van der Waals surface area contributed by atoms with Crippen LogP contribution in [0.3, 0.4) is 0 Å². The number of ether oxygens (including phenoxy) is 1. The Morgan fingerprint density at radius 1 is 1.60 bits per heavy atom. The molecule has 2 heterocycles. The zero-order valence-electron chi connectivity index (χ0n) is 11.6.